The number of phenolic OH excluding ortho intramolecular Hbond substituents is 1. The van der Waals surface area contributed by atoms with Gasteiger partial charge in [-0.05, 0) is 30.0 Å². The van der Waals surface area contributed by atoms with Crippen LogP contribution in [0.25, 0.3) is 0 Å². The summed E-state index contributed by atoms with van der Waals surface area (Å²) < 4.78 is 13.2. The van der Waals surface area contributed by atoms with Crippen LogP contribution in [0.1, 0.15) is 25.8 Å². The van der Waals surface area contributed by atoms with E-state index in [9.17, 15) is 14.3 Å². The maximum atomic E-state index is 13.2. The van der Waals surface area contributed by atoms with Crippen LogP contribution in [0.4, 0.5) is 4.39 Å². The van der Waals surface area contributed by atoms with E-state index in [0.29, 0.717) is 24.4 Å². The summed E-state index contributed by atoms with van der Waals surface area (Å²) in [5.41, 5.74) is 0.614. The number of benzene rings is 1. The van der Waals surface area contributed by atoms with E-state index in [1.807, 2.05) is 13.8 Å². The first-order valence-corrected chi connectivity index (χ1v) is 6.72. The number of aromatic hydroxyl groups is 1. The third kappa shape index (κ3) is 5.17. The standard InChI is InChI=1S/C15H23FN2O2/c1-10(2)5-14(15(20)18(3)4)17-9-11-6-12(16)8-13(19)7-11/h6-8,10,14,17,19H,5,9H2,1-4H3. The van der Waals surface area contributed by atoms with Gasteiger partial charge in [0.05, 0.1) is 6.04 Å². The molecule has 0 spiro atoms. The van der Waals surface area contributed by atoms with Gasteiger partial charge in [0.2, 0.25) is 5.91 Å². The van der Waals surface area contributed by atoms with Crippen molar-refractivity contribution in [3.63, 3.8) is 0 Å². The molecule has 112 valence electrons. The van der Waals surface area contributed by atoms with Gasteiger partial charge in [-0.3, -0.25) is 4.79 Å². The molecule has 1 atom stereocenters. The van der Waals surface area contributed by atoms with E-state index >= 15 is 0 Å². The van der Waals surface area contributed by atoms with Crippen LogP contribution in [0.15, 0.2) is 18.2 Å². The second-order valence-corrected chi connectivity index (χ2v) is 5.61. The molecule has 0 aliphatic heterocycles. The number of nitrogens with one attached hydrogen (secondary N) is 1. The monoisotopic (exact) mass is 282 g/mol. The minimum Gasteiger partial charge on any atom is -0.508 e. The molecule has 0 fully saturated rings. The third-order valence-electron chi connectivity index (χ3n) is 2.94. The van der Waals surface area contributed by atoms with Crippen LogP contribution in [0.5, 0.6) is 5.75 Å². The molecule has 0 radical (unpaired) electrons. The van der Waals surface area contributed by atoms with Crippen molar-refractivity contribution in [3.8, 4) is 5.75 Å². The third-order valence-corrected chi connectivity index (χ3v) is 2.94. The first kappa shape index (κ1) is 16.4. The summed E-state index contributed by atoms with van der Waals surface area (Å²) in [6.45, 7) is 4.43. The lowest BCUT2D eigenvalue weighted by molar-refractivity contribution is -0.131. The lowest BCUT2D eigenvalue weighted by atomic mass is 10.0. The van der Waals surface area contributed by atoms with Crippen LogP contribution in [0.2, 0.25) is 0 Å². The summed E-state index contributed by atoms with van der Waals surface area (Å²) in [7, 11) is 3.43. The van der Waals surface area contributed by atoms with Crippen LogP contribution in [0.3, 0.4) is 0 Å². The zero-order valence-electron chi connectivity index (χ0n) is 12.5. The number of hydrogen-bond donors (Lipinski definition) is 2. The number of carbonyl (C=O) groups is 1. The molecular weight excluding hydrogens is 259 g/mol. The highest BCUT2D eigenvalue weighted by atomic mass is 19.1. The topological polar surface area (TPSA) is 52.6 Å². The Bertz CT molecular complexity index is 441. The van der Waals surface area contributed by atoms with Gasteiger partial charge in [0.1, 0.15) is 11.6 Å². The van der Waals surface area contributed by atoms with Crippen molar-refractivity contribution >= 4 is 5.91 Å². The van der Waals surface area contributed by atoms with Crippen molar-refractivity contribution < 1.29 is 14.3 Å². The number of likely N-dealkylation sites (N-methyl/N-ethyl adjacent to an activating group) is 1. The molecule has 0 saturated heterocycles. The number of phenols is 1. The molecule has 20 heavy (non-hydrogen) atoms. The van der Waals surface area contributed by atoms with Gasteiger partial charge in [-0.2, -0.15) is 0 Å². The molecule has 0 saturated carbocycles. The molecule has 0 bridgehead atoms. The number of carbonyl (C=O) groups excluding carboxylic acids is 1. The molecule has 4 nitrogen and oxygen atoms in total. The Balaban J connectivity index is 2.72. The van der Waals surface area contributed by atoms with E-state index in [1.54, 1.807) is 19.0 Å². The zero-order chi connectivity index (χ0) is 15.3. The van der Waals surface area contributed by atoms with Crippen LogP contribution in [-0.2, 0) is 11.3 Å². The van der Waals surface area contributed by atoms with Crippen molar-refractivity contribution in [3.05, 3.63) is 29.6 Å². The molecule has 1 unspecified atom stereocenters. The van der Waals surface area contributed by atoms with Gasteiger partial charge in [0, 0.05) is 26.7 Å². The Kier molecular flexibility index (Phi) is 5.95. The van der Waals surface area contributed by atoms with Crippen LogP contribution < -0.4 is 5.32 Å². The Morgan fingerprint density at radius 1 is 1.35 bits per heavy atom. The quantitative estimate of drug-likeness (QED) is 0.840. The highest BCUT2D eigenvalue weighted by Crippen LogP contribution is 2.15. The van der Waals surface area contributed by atoms with Gasteiger partial charge < -0.3 is 15.3 Å². The van der Waals surface area contributed by atoms with E-state index in [1.165, 1.54) is 12.1 Å². The minimum atomic E-state index is -0.485. The van der Waals surface area contributed by atoms with Crippen molar-refractivity contribution in [2.45, 2.75) is 32.9 Å². The molecule has 0 aliphatic carbocycles. The summed E-state index contributed by atoms with van der Waals surface area (Å²) in [4.78, 5) is 13.6. The molecule has 2 N–H and O–H groups in total. The van der Waals surface area contributed by atoms with Gasteiger partial charge >= 0.3 is 0 Å². The molecule has 0 heterocycles. The molecule has 1 aromatic rings. The molecule has 1 aromatic carbocycles. The largest absolute Gasteiger partial charge is 0.508 e. The highest BCUT2D eigenvalue weighted by molar-refractivity contribution is 5.81. The second kappa shape index (κ2) is 7.24. The number of amides is 1. The Hall–Kier alpha value is -1.62. The Morgan fingerprint density at radius 3 is 2.50 bits per heavy atom. The predicted octanol–water partition coefficient (Wildman–Crippen LogP) is 2.12. The van der Waals surface area contributed by atoms with Crippen LogP contribution >= 0.6 is 0 Å². The fraction of sp³-hybridized carbons (Fsp3) is 0.533. The fourth-order valence-electron chi connectivity index (χ4n) is 2.03. The van der Waals surface area contributed by atoms with Gasteiger partial charge in [0.25, 0.3) is 0 Å². The van der Waals surface area contributed by atoms with Gasteiger partial charge in [-0.15, -0.1) is 0 Å². The summed E-state index contributed by atoms with van der Waals surface area (Å²) in [6, 6.07) is 3.58. The smallest absolute Gasteiger partial charge is 0.239 e. The lowest BCUT2D eigenvalue weighted by Crippen LogP contribution is -2.44. The molecule has 1 rings (SSSR count). The van der Waals surface area contributed by atoms with Crippen molar-refractivity contribution in [2.24, 2.45) is 5.92 Å². The number of halogens is 1. The number of nitrogens with zero attached hydrogens (tertiary/aromatic N) is 1. The van der Waals surface area contributed by atoms with Gasteiger partial charge in [-0.1, -0.05) is 13.8 Å². The zero-order valence-corrected chi connectivity index (χ0v) is 12.5. The maximum absolute atomic E-state index is 13.2. The van der Waals surface area contributed by atoms with Crippen LogP contribution in [0, 0.1) is 11.7 Å². The SMILES string of the molecule is CC(C)CC(NCc1cc(O)cc(F)c1)C(=O)N(C)C. The highest BCUT2D eigenvalue weighted by Gasteiger charge is 2.20. The predicted molar refractivity (Wildman–Crippen MR) is 76.8 cm³/mol. The average Bonchev–Trinajstić information content (AvgIpc) is 2.31. The first-order valence-electron chi connectivity index (χ1n) is 6.72. The molecular formula is C15H23FN2O2. The first-order chi connectivity index (χ1) is 9.29. The number of hydrogen-bond acceptors (Lipinski definition) is 3. The fourth-order valence-corrected chi connectivity index (χ4v) is 2.03. The summed E-state index contributed by atoms with van der Waals surface area (Å²) in [6.07, 6.45) is 0.707. The summed E-state index contributed by atoms with van der Waals surface area (Å²) in [5, 5.41) is 12.5. The van der Waals surface area contributed by atoms with Crippen molar-refractivity contribution in [2.75, 3.05) is 14.1 Å². The summed E-state index contributed by atoms with van der Waals surface area (Å²) in [5.74, 6) is -0.223. The van der Waals surface area contributed by atoms with Crippen LogP contribution in [-0.4, -0.2) is 36.1 Å². The van der Waals surface area contributed by atoms with Crippen molar-refractivity contribution in [1.29, 1.82) is 0 Å². The average molecular weight is 282 g/mol. The minimum absolute atomic E-state index is 0.000625. The molecule has 5 heteroatoms. The normalized spacial score (nSPS) is 12.5. The van der Waals surface area contributed by atoms with E-state index in [4.69, 9.17) is 0 Å². The molecule has 0 aliphatic rings. The number of rotatable bonds is 6. The van der Waals surface area contributed by atoms with Gasteiger partial charge in [0.15, 0.2) is 0 Å². The van der Waals surface area contributed by atoms with E-state index < -0.39 is 5.82 Å². The van der Waals surface area contributed by atoms with E-state index in [2.05, 4.69) is 5.32 Å². The van der Waals surface area contributed by atoms with E-state index in [-0.39, 0.29) is 17.7 Å². The van der Waals surface area contributed by atoms with Gasteiger partial charge in [-0.25, -0.2) is 4.39 Å². The molecule has 0 aromatic heterocycles. The van der Waals surface area contributed by atoms with E-state index in [0.717, 1.165) is 6.07 Å². The van der Waals surface area contributed by atoms with Crippen molar-refractivity contribution in [1.82, 2.24) is 10.2 Å². The summed E-state index contributed by atoms with van der Waals surface area (Å²) >= 11 is 0. The second-order valence-electron chi connectivity index (χ2n) is 5.61. The Morgan fingerprint density at radius 2 is 2.00 bits per heavy atom. The molecule has 1 amide bonds. The maximum Gasteiger partial charge on any atom is 0.239 e. The lowest BCUT2D eigenvalue weighted by Gasteiger charge is -2.23. The Labute approximate surface area is 119 Å².